The van der Waals surface area contributed by atoms with E-state index in [0.717, 1.165) is 0 Å². The van der Waals surface area contributed by atoms with Crippen molar-refractivity contribution in [3.8, 4) is 0 Å². The number of hydrogen-bond acceptors (Lipinski definition) is 3. The highest BCUT2D eigenvalue weighted by molar-refractivity contribution is 6.19. The maximum atomic E-state index is 14.1. The molecular formula is C17H15FN2O2. The number of rotatable bonds is 2. The van der Waals surface area contributed by atoms with Gasteiger partial charge in [0.25, 0.3) is 0 Å². The number of benzodiazepines with no additional fused rings is 1. The van der Waals surface area contributed by atoms with E-state index in [9.17, 15) is 14.3 Å². The fourth-order valence-electron chi connectivity index (χ4n) is 2.44. The van der Waals surface area contributed by atoms with Crippen LogP contribution in [0.4, 0.5) is 10.1 Å². The minimum absolute atomic E-state index is 0.0671. The molecule has 2 aromatic rings. The molecule has 0 saturated heterocycles. The third kappa shape index (κ3) is 2.63. The van der Waals surface area contributed by atoms with E-state index in [2.05, 4.69) is 10.3 Å². The Morgan fingerprint density at radius 1 is 1.23 bits per heavy atom. The summed E-state index contributed by atoms with van der Waals surface area (Å²) in [7, 11) is 0. The second kappa shape index (κ2) is 5.69. The molecule has 2 N–H and O–H groups in total. The predicted molar refractivity (Wildman–Crippen MR) is 82.6 cm³/mol. The van der Waals surface area contributed by atoms with E-state index in [1.165, 1.54) is 6.07 Å². The van der Waals surface area contributed by atoms with Gasteiger partial charge in [-0.2, -0.15) is 0 Å². The number of anilines is 1. The van der Waals surface area contributed by atoms with Crippen molar-refractivity contribution in [1.82, 2.24) is 0 Å². The monoisotopic (exact) mass is 298 g/mol. The second-order valence-electron chi connectivity index (χ2n) is 5.17. The maximum Gasteiger partial charge on any atom is 0.246 e. The molecule has 0 fully saturated rings. The van der Waals surface area contributed by atoms with Crippen molar-refractivity contribution in [1.29, 1.82) is 0 Å². The zero-order valence-corrected chi connectivity index (χ0v) is 12.0. The number of nitrogens with zero attached hydrogens (tertiary/aromatic N) is 1. The van der Waals surface area contributed by atoms with Gasteiger partial charge in [-0.3, -0.25) is 9.79 Å². The van der Waals surface area contributed by atoms with Crippen LogP contribution >= 0.6 is 0 Å². The number of benzene rings is 2. The van der Waals surface area contributed by atoms with Crippen molar-refractivity contribution in [2.45, 2.75) is 13.0 Å². The SMILES string of the molecule is CC(O)c1ccc2c(c1)C(c1ccccc1F)=NCC(=O)N2. The van der Waals surface area contributed by atoms with E-state index in [1.54, 1.807) is 43.3 Å². The highest BCUT2D eigenvalue weighted by Gasteiger charge is 2.21. The van der Waals surface area contributed by atoms with E-state index in [1.807, 2.05) is 0 Å². The molecule has 0 aromatic heterocycles. The number of hydrogen-bond donors (Lipinski definition) is 2. The summed E-state index contributed by atoms with van der Waals surface area (Å²) in [6, 6.07) is 11.5. The molecular weight excluding hydrogens is 283 g/mol. The van der Waals surface area contributed by atoms with E-state index in [0.29, 0.717) is 28.1 Å². The van der Waals surface area contributed by atoms with E-state index < -0.39 is 11.9 Å². The zero-order valence-electron chi connectivity index (χ0n) is 12.0. The molecule has 0 spiro atoms. The molecule has 1 heterocycles. The van der Waals surface area contributed by atoms with Crippen LogP contribution in [0.1, 0.15) is 29.7 Å². The Bertz CT molecular complexity index is 769. The van der Waals surface area contributed by atoms with Gasteiger partial charge in [-0.15, -0.1) is 0 Å². The summed E-state index contributed by atoms with van der Waals surface area (Å²) in [6.07, 6.45) is -0.661. The third-order valence-electron chi connectivity index (χ3n) is 3.56. The Hall–Kier alpha value is -2.53. The molecule has 5 heteroatoms. The van der Waals surface area contributed by atoms with E-state index >= 15 is 0 Å². The summed E-state index contributed by atoms with van der Waals surface area (Å²) in [5, 5.41) is 12.5. The van der Waals surface area contributed by atoms with Gasteiger partial charge in [0.1, 0.15) is 12.4 Å². The smallest absolute Gasteiger partial charge is 0.246 e. The molecule has 4 nitrogen and oxygen atoms in total. The molecule has 1 unspecified atom stereocenters. The summed E-state index contributed by atoms with van der Waals surface area (Å²) in [4.78, 5) is 16.0. The maximum absolute atomic E-state index is 14.1. The summed E-state index contributed by atoms with van der Waals surface area (Å²) >= 11 is 0. The van der Waals surface area contributed by atoms with Gasteiger partial charge in [0, 0.05) is 11.1 Å². The Morgan fingerprint density at radius 3 is 2.73 bits per heavy atom. The van der Waals surface area contributed by atoms with Crippen LogP contribution in [0.25, 0.3) is 0 Å². The molecule has 1 atom stereocenters. The van der Waals surface area contributed by atoms with Gasteiger partial charge in [0.2, 0.25) is 5.91 Å². The number of fused-ring (bicyclic) bond motifs is 1. The van der Waals surface area contributed by atoms with Crippen LogP contribution in [0, 0.1) is 5.82 Å². The standard InChI is InChI=1S/C17H15FN2O2/c1-10(21)11-6-7-15-13(8-11)17(19-9-16(22)20-15)12-4-2-3-5-14(12)18/h2-8,10,21H,9H2,1H3,(H,20,22). The third-order valence-corrected chi connectivity index (χ3v) is 3.56. The fourth-order valence-corrected chi connectivity index (χ4v) is 2.44. The number of aliphatic hydroxyl groups is 1. The minimum Gasteiger partial charge on any atom is -0.389 e. The zero-order chi connectivity index (χ0) is 15.7. The fraction of sp³-hybridized carbons (Fsp3) is 0.176. The number of halogens is 1. The Balaban J connectivity index is 2.21. The lowest BCUT2D eigenvalue weighted by atomic mass is 9.97. The van der Waals surface area contributed by atoms with E-state index in [-0.39, 0.29) is 12.5 Å². The second-order valence-corrected chi connectivity index (χ2v) is 5.17. The first kappa shape index (κ1) is 14.4. The number of aliphatic hydroxyl groups excluding tert-OH is 1. The first-order valence-corrected chi connectivity index (χ1v) is 6.98. The van der Waals surface area contributed by atoms with Crippen LogP contribution in [-0.4, -0.2) is 23.3 Å². The average molecular weight is 298 g/mol. The number of nitrogens with one attached hydrogen (secondary N) is 1. The lowest BCUT2D eigenvalue weighted by Crippen LogP contribution is -2.13. The largest absolute Gasteiger partial charge is 0.389 e. The van der Waals surface area contributed by atoms with Crippen LogP contribution in [0.5, 0.6) is 0 Å². The van der Waals surface area contributed by atoms with Crippen molar-refractivity contribution >= 4 is 17.3 Å². The van der Waals surface area contributed by atoms with E-state index in [4.69, 9.17) is 0 Å². The van der Waals surface area contributed by atoms with Crippen molar-refractivity contribution in [3.05, 3.63) is 65.0 Å². The van der Waals surface area contributed by atoms with Gasteiger partial charge in [0.05, 0.1) is 17.5 Å². The van der Waals surface area contributed by atoms with Gasteiger partial charge >= 0.3 is 0 Å². The van der Waals surface area contributed by atoms with Gasteiger partial charge < -0.3 is 10.4 Å². The molecule has 1 aliphatic heterocycles. The van der Waals surface area contributed by atoms with Crippen molar-refractivity contribution in [2.24, 2.45) is 4.99 Å². The van der Waals surface area contributed by atoms with Gasteiger partial charge in [0.15, 0.2) is 0 Å². The number of amides is 1. The van der Waals surface area contributed by atoms with Gasteiger partial charge in [-0.05, 0) is 36.8 Å². The first-order chi connectivity index (χ1) is 10.6. The normalized spacial score (nSPS) is 15.4. The summed E-state index contributed by atoms with van der Waals surface area (Å²) < 4.78 is 14.1. The summed E-state index contributed by atoms with van der Waals surface area (Å²) in [5.74, 6) is -0.651. The molecule has 2 aromatic carbocycles. The molecule has 0 aliphatic carbocycles. The molecule has 0 saturated carbocycles. The Labute approximate surface area is 127 Å². The van der Waals surface area contributed by atoms with Gasteiger partial charge in [-0.25, -0.2) is 4.39 Å². The molecule has 112 valence electrons. The molecule has 0 bridgehead atoms. The van der Waals surface area contributed by atoms with Crippen LogP contribution in [0.2, 0.25) is 0 Å². The van der Waals surface area contributed by atoms with Gasteiger partial charge in [-0.1, -0.05) is 18.2 Å². The number of carbonyl (C=O) groups excluding carboxylic acids is 1. The van der Waals surface area contributed by atoms with Crippen molar-refractivity contribution in [3.63, 3.8) is 0 Å². The quantitative estimate of drug-likeness (QED) is 0.895. The lowest BCUT2D eigenvalue weighted by Gasteiger charge is -2.14. The number of carbonyl (C=O) groups is 1. The molecule has 22 heavy (non-hydrogen) atoms. The average Bonchev–Trinajstić information content (AvgIpc) is 2.65. The van der Waals surface area contributed by atoms with Crippen LogP contribution < -0.4 is 5.32 Å². The lowest BCUT2D eigenvalue weighted by molar-refractivity contribution is -0.114. The van der Waals surface area contributed by atoms with Crippen LogP contribution in [0.15, 0.2) is 47.5 Å². The topological polar surface area (TPSA) is 61.7 Å². The molecule has 0 radical (unpaired) electrons. The summed E-state index contributed by atoms with van der Waals surface area (Å²) in [5.41, 5.74) is 2.60. The molecule has 1 aliphatic rings. The van der Waals surface area contributed by atoms with Crippen LogP contribution in [0.3, 0.4) is 0 Å². The number of aliphatic imine (C=N–C) groups is 1. The minimum atomic E-state index is -0.661. The molecule has 1 amide bonds. The molecule has 3 rings (SSSR count). The van der Waals surface area contributed by atoms with Crippen molar-refractivity contribution in [2.75, 3.05) is 11.9 Å². The Morgan fingerprint density at radius 2 is 2.00 bits per heavy atom. The Kier molecular flexibility index (Phi) is 3.73. The first-order valence-electron chi connectivity index (χ1n) is 6.98. The van der Waals surface area contributed by atoms with Crippen LogP contribution in [-0.2, 0) is 4.79 Å². The highest BCUT2D eigenvalue weighted by atomic mass is 19.1. The van der Waals surface area contributed by atoms with Crippen molar-refractivity contribution < 1.29 is 14.3 Å². The summed E-state index contributed by atoms with van der Waals surface area (Å²) in [6.45, 7) is 1.58. The highest BCUT2D eigenvalue weighted by Crippen LogP contribution is 2.27. The predicted octanol–water partition coefficient (Wildman–Crippen LogP) is 2.67.